The minimum absolute atomic E-state index is 0.206. The topological polar surface area (TPSA) is 136 Å². The van der Waals surface area contributed by atoms with Crippen LogP contribution >= 0.6 is 11.6 Å². The van der Waals surface area contributed by atoms with Crippen LogP contribution in [0.15, 0.2) is 47.8 Å². The number of carbonyl (C=O) groups excluding carboxylic acids is 1. The number of aromatic nitrogens is 5. The molecule has 4 aromatic rings. The number of hydrogen-bond donors (Lipinski definition) is 3. The normalized spacial score (nSPS) is 15.6. The maximum Gasteiger partial charge on any atom is 0.278 e. The van der Waals surface area contributed by atoms with E-state index in [-0.39, 0.29) is 18.2 Å². The molecule has 0 aliphatic carbocycles. The maximum atomic E-state index is 13.4. The molecular formula is C28H32ClN7O4. The Kier molecular flexibility index (Phi) is 8.15. The van der Waals surface area contributed by atoms with E-state index < -0.39 is 23.6 Å². The lowest BCUT2D eigenvalue weighted by atomic mass is 10.0. The van der Waals surface area contributed by atoms with E-state index in [0.717, 1.165) is 29.5 Å². The second-order valence-corrected chi connectivity index (χ2v) is 10.6. The second kappa shape index (κ2) is 11.7. The highest BCUT2D eigenvalue weighted by Crippen LogP contribution is 2.28. The van der Waals surface area contributed by atoms with Gasteiger partial charge >= 0.3 is 0 Å². The minimum atomic E-state index is -0.874. The average molecular weight is 566 g/mol. The third-order valence-corrected chi connectivity index (χ3v) is 7.35. The number of aliphatic hydroxyl groups excluding tert-OH is 1. The lowest BCUT2D eigenvalue weighted by molar-refractivity contribution is -0.125. The summed E-state index contributed by atoms with van der Waals surface area (Å²) in [6.07, 6.45) is 6.24. The van der Waals surface area contributed by atoms with Crippen LogP contribution in [0, 0.1) is 13.8 Å². The quantitative estimate of drug-likeness (QED) is 0.296. The highest BCUT2D eigenvalue weighted by Gasteiger charge is 2.23. The van der Waals surface area contributed by atoms with Crippen LogP contribution in [0.4, 0.5) is 5.95 Å². The Labute approximate surface area is 236 Å². The molecule has 0 spiro atoms. The number of nitrogens with zero attached hydrogens (tertiary/aromatic N) is 5. The summed E-state index contributed by atoms with van der Waals surface area (Å²) in [4.78, 5) is 35.5. The first-order valence-corrected chi connectivity index (χ1v) is 13.6. The van der Waals surface area contributed by atoms with Gasteiger partial charge in [0, 0.05) is 31.0 Å². The van der Waals surface area contributed by atoms with Crippen molar-refractivity contribution in [2.24, 2.45) is 0 Å². The number of aliphatic hydroxyl groups is 1. The van der Waals surface area contributed by atoms with Crippen LogP contribution < -0.4 is 16.2 Å². The molecule has 4 heterocycles. The zero-order valence-electron chi connectivity index (χ0n) is 22.6. The van der Waals surface area contributed by atoms with Crippen molar-refractivity contribution in [3.8, 4) is 11.3 Å². The molecule has 12 heteroatoms. The molecule has 11 nitrogen and oxygen atoms in total. The Hall–Kier alpha value is -3.80. The van der Waals surface area contributed by atoms with Crippen molar-refractivity contribution in [3.05, 3.63) is 75.1 Å². The van der Waals surface area contributed by atoms with Crippen LogP contribution in [-0.4, -0.2) is 61.0 Å². The summed E-state index contributed by atoms with van der Waals surface area (Å²) in [6.45, 7) is 6.62. The summed E-state index contributed by atoms with van der Waals surface area (Å²) in [6, 6.07) is 6.23. The van der Waals surface area contributed by atoms with Gasteiger partial charge in [-0.25, -0.2) is 14.5 Å². The molecule has 1 fully saturated rings. The lowest BCUT2D eigenvalue weighted by Crippen LogP contribution is -2.39. The third kappa shape index (κ3) is 5.86. The van der Waals surface area contributed by atoms with Gasteiger partial charge in [-0.05, 0) is 45.2 Å². The van der Waals surface area contributed by atoms with Gasteiger partial charge in [0.25, 0.3) is 5.56 Å². The molecule has 1 aliphatic rings. The predicted octanol–water partition coefficient (Wildman–Crippen LogP) is 3.22. The molecule has 1 aliphatic heterocycles. The first-order chi connectivity index (χ1) is 19.2. The third-order valence-electron chi connectivity index (χ3n) is 7.07. The lowest BCUT2D eigenvalue weighted by Gasteiger charge is -2.23. The number of benzene rings is 1. The summed E-state index contributed by atoms with van der Waals surface area (Å²) in [5, 5.41) is 20.8. The molecule has 0 radical (unpaired) electrons. The molecule has 0 saturated carbocycles. The summed E-state index contributed by atoms with van der Waals surface area (Å²) < 4.78 is 8.12. The minimum Gasteiger partial charge on any atom is -0.394 e. The Morgan fingerprint density at radius 2 is 1.93 bits per heavy atom. The van der Waals surface area contributed by atoms with E-state index in [2.05, 4.69) is 25.7 Å². The number of rotatable bonds is 8. The van der Waals surface area contributed by atoms with Crippen molar-refractivity contribution in [2.45, 2.75) is 51.7 Å². The summed E-state index contributed by atoms with van der Waals surface area (Å²) >= 11 is 6.44. The van der Waals surface area contributed by atoms with Crippen LogP contribution in [0.1, 0.15) is 48.5 Å². The van der Waals surface area contributed by atoms with Crippen LogP contribution in [0.3, 0.4) is 0 Å². The summed E-state index contributed by atoms with van der Waals surface area (Å²) in [5.74, 6) is 0.0281. The first kappa shape index (κ1) is 27.8. The largest absolute Gasteiger partial charge is 0.394 e. The van der Waals surface area contributed by atoms with Gasteiger partial charge in [0.2, 0.25) is 11.9 Å². The fourth-order valence-corrected chi connectivity index (χ4v) is 5.14. The van der Waals surface area contributed by atoms with Crippen molar-refractivity contribution in [1.82, 2.24) is 29.5 Å². The van der Waals surface area contributed by atoms with Crippen molar-refractivity contribution >= 4 is 29.0 Å². The van der Waals surface area contributed by atoms with Gasteiger partial charge in [-0.1, -0.05) is 40.9 Å². The highest BCUT2D eigenvalue weighted by molar-refractivity contribution is 6.32. The molecule has 1 saturated heterocycles. The number of amides is 1. The molecule has 2 atom stereocenters. The van der Waals surface area contributed by atoms with E-state index in [9.17, 15) is 14.7 Å². The monoisotopic (exact) mass is 565 g/mol. The molecule has 40 heavy (non-hydrogen) atoms. The molecule has 1 amide bonds. The number of anilines is 1. The molecular weight excluding hydrogens is 534 g/mol. The molecule has 0 bridgehead atoms. The molecule has 0 unspecified atom stereocenters. The van der Waals surface area contributed by atoms with Gasteiger partial charge in [-0.3, -0.25) is 14.2 Å². The SMILES string of the molecule is Cc1cc(C)cc([C@@H](CO)NC(=O)[C@H](C)n2cnn3cc(-c4nc(NC5CCOCC5)ncc4Cl)cc3c2=O)c1. The van der Waals surface area contributed by atoms with Gasteiger partial charge < -0.3 is 20.5 Å². The van der Waals surface area contributed by atoms with Gasteiger partial charge in [-0.15, -0.1) is 0 Å². The number of ether oxygens (including phenoxy) is 1. The Morgan fingerprint density at radius 3 is 2.62 bits per heavy atom. The number of hydrogen-bond acceptors (Lipinski definition) is 8. The second-order valence-electron chi connectivity index (χ2n) is 10.2. The Morgan fingerprint density at radius 1 is 1.20 bits per heavy atom. The van der Waals surface area contributed by atoms with Crippen molar-refractivity contribution < 1.29 is 14.6 Å². The molecule has 1 aromatic carbocycles. The smallest absolute Gasteiger partial charge is 0.278 e. The van der Waals surface area contributed by atoms with Gasteiger partial charge in [-0.2, -0.15) is 5.10 Å². The average Bonchev–Trinajstić information content (AvgIpc) is 3.37. The number of carbonyl (C=O) groups is 1. The van der Waals surface area contributed by atoms with Crippen molar-refractivity contribution in [3.63, 3.8) is 0 Å². The van der Waals surface area contributed by atoms with Gasteiger partial charge in [0.05, 0.1) is 29.6 Å². The van der Waals surface area contributed by atoms with Crippen LogP contribution in [0.2, 0.25) is 5.02 Å². The zero-order chi connectivity index (χ0) is 28.4. The fraction of sp³-hybridized carbons (Fsp3) is 0.393. The van der Waals surface area contributed by atoms with Crippen LogP contribution in [0.5, 0.6) is 0 Å². The van der Waals surface area contributed by atoms with E-state index in [1.807, 2.05) is 32.0 Å². The van der Waals surface area contributed by atoms with E-state index in [1.54, 1.807) is 19.2 Å². The van der Waals surface area contributed by atoms with E-state index in [4.69, 9.17) is 16.3 Å². The fourth-order valence-electron chi connectivity index (χ4n) is 4.94. The van der Waals surface area contributed by atoms with E-state index in [1.165, 1.54) is 21.6 Å². The van der Waals surface area contributed by atoms with E-state index >= 15 is 0 Å². The Bertz CT molecular complexity index is 1580. The van der Waals surface area contributed by atoms with Gasteiger partial charge in [0.15, 0.2) is 0 Å². The first-order valence-electron chi connectivity index (χ1n) is 13.2. The molecule has 5 rings (SSSR count). The number of nitrogens with one attached hydrogen (secondary N) is 2. The van der Waals surface area contributed by atoms with Crippen LogP contribution in [0.25, 0.3) is 16.8 Å². The number of fused-ring (bicyclic) bond motifs is 1. The van der Waals surface area contributed by atoms with Crippen molar-refractivity contribution in [1.29, 1.82) is 0 Å². The maximum absolute atomic E-state index is 13.4. The number of halogens is 1. The molecule has 210 valence electrons. The number of aryl methyl sites for hydroxylation is 2. The summed E-state index contributed by atoms with van der Waals surface area (Å²) in [7, 11) is 0. The molecule has 3 aromatic heterocycles. The van der Waals surface area contributed by atoms with Crippen LogP contribution in [-0.2, 0) is 9.53 Å². The van der Waals surface area contributed by atoms with Gasteiger partial charge in [0.1, 0.15) is 17.9 Å². The van der Waals surface area contributed by atoms with E-state index in [0.29, 0.717) is 35.4 Å². The predicted molar refractivity (Wildman–Crippen MR) is 152 cm³/mol. The zero-order valence-corrected chi connectivity index (χ0v) is 23.4. The Balaban J connectivity index is 1.39. The molecule has 3 N–H and O–H groups in total. The van der Waals surface area contributed by atoms with Crippen molar-refractivity contribution in [2.75, 3.05) is 25.1 Å². The standard InChI is InChI=1S/C28H32ClN7O4/c1-16-8-17(2)10-19(9-16)23(14-37)33-26(38)18(3)35-15-31-36-13-20(11-24(36)27(35)39)25-22(29)12-30-28(34-25)32-21-4-6-40-7-5-21/h8-13,15,18,21,23,37H,4-7,14H2,1-3H3,(H,33,38)(H,30,32,34)/t18-,23+/m0/s1. The summed E-state index contributed by atoms with van der Waals surface area (Å²) in [5.41, 5.74) is 3.78. The highest BCUT2D eigenvalue weighted by atomic mass is 35.5.